The minimum atomic E-state index is -2.88. The lowest BCUT2D eigenvalue weighted by Gasteiger charge is -2.40. The van der Waals surface area contributed by atoms with Gasteiger partial charge in [-0.3, -0.25) is 0 Å². The monoisotopic (exact) mass is 446 g/mol. The third kappa shape index (κ3) is 8.03. The van der Waals surface area contributed by atoms with Crippen molar-refractivity contribution in [3.63, 3.8) is 0 Å². The lowest BCUT2D eigenvalue weighted by Crippen LogP contribution is -2.64. The molecule has 1 aromatic carbocycles. The first kappa shape index (κ1) is 24.2. The van der Waals surface area contributed by atoms with Crippen molar-refractivity contribution in [2.24, 2.45) is 0 Å². The third-order valence-corrected chi connectivity index (χ3v) is 19.3. The predicted octanol–water partition coefficient (Wildman–Crippen LogP) is 3.91. The second-order valence-electron chi connectivity index (χ2n) is 8.58. The summed E-state index contributed by atoms with van der Waals surface area (Å²) in [5, 5.41) is 1.12. The second kappa shape index (κ2) is 10.1. The highest BCUT2D eigenvalue weighted by atomic mass is 28.5. The van der Waals surface area contributed by atoms with Crippen molar-refractivity contribution in [2.45, 2.75) is 64.5 Å². The molecule has 1 aromatic rings. The van der Waals surface area contributed by atoms with Gasteiger partial charge in [0.25, 0.3) is 0 Å². The first-order chi connectivity index (χ1) is 11.9. The van der Waals surface area contributed by atoms with Crippen LogP contribution in [0.25, 0.3) is 0 Å². The fourth-order valence-electron chi connectivity index (χ4n) is 2.65. The zero-order valence-electron chi connectivity index (χ0n) is 18.1. The second-order valence-corrected chi connectivity index (χ2v) is 25.6. The maximum absolute atomic E-state index is 6.94. The highest BCUT2D eigenvalue weighted by molar-refractivity contribution is 6.92. The van der Waals surface area contributed by atoms with E-state index >= 15 is 0 Å². The molecule has 0 N–H and O–H groups in total. The number of hydrogen-bond donors (Lipinski definition) is 0. The van der Waals surface area contributed by atoms with E-state index in [9.17, 15) is 0 Å². The summed E-state index contributed by atoms with van der Waals surface area (Å²) in [6.45, 7) is 18.0. The molecule has 0 aromatic heterocycles. The molecule has 0 bridgehead atoms. The van der Waals surface area contributed by atoms with Crippen LogP contribution in [0.2, 0.25) is 64.5 Å². The quantitative estimate of drug-likeness (QED) is 0.483. The van der Waals surface area contributed by atoms with Crippen molar-refractivity contribution >= 4 is 48.7 Å². The highest BCUT2D eigenvalue weighted by Crippen LogP contribution is 2.26. The number of rotatable bonds is 11. The molecule has 0 saturated heterocycles. The molecule has 0 amide bonds. The van der Waals surface area contributed by atoms with Crippen LogP contribution in [0.3, 0.4) is 0 Å². The van der Waals surface area contributed by atoms with E-state index < -0.39 is 43.5 Å². The normalized spacial score (nSPS) is 13.7. The van der Waals surface area contributed by atoms with Gasteiger partial charge >= 0.3 is 8.80 Å². The molecule has 26 heavy (non-hydrogen) atoms. The number of benzene rings is 1. The van der Waals surface area contributed by atoms with Gasteiger partial charge in [-0.25, -0.2) is 0 Å². The van der Waals surface area contributed by atoms with Gasteiger partial charge in [-0.05, 0) is 64.5 Å². The molecule has 0 aliphatic rings. The first-order valence-electron chi connectivity index (χ1n) is 9.58. The standard InChI is InChI=1S/C17H38O4Si5/c1-18-24(6,7)15-16-25(8,9)21-26(19-22(2)3,20-23(4)5)17-13-11-10-12-14-17/h10-14,22-23H,15-16H2,1-9H3. The van der Waals surface area contributed by atoms with Gasteiger partial charge in [0.05, 0.1) is 0 Å². The highest BCUT2D eigenvalue weighted by Gasteiger charge is 2.49. The van der Waals surface area contributed by atoms with Crippen LogP contribution < -0.4 is 5.19 Å². The molecule has 0 aliphatic carbocycles. The molecule has 0 heterocycles. The van der Waals surface area contributed by atoms with Gasteiger partial charge in [0.15, 0.2) is 34.7 Å². The summed E-state index contributed by atoms with van der Waals surface area (Å²) < 4.78 is 25.9. The Balaban J connectivity index is 3.17. The Bertz CT molecular complexity index is 527. The topological polar surface area (TPSA) is 36.9 Å². The molecule has 0 unspecified atom stereocenters. The Morgan fingerprint density at radius 3 is 1.65 bits per heavy atom. The lowest BCUT2D eigenvalue weighted by atomic mass is 10.4. The average Bonchev–Trinajstić information content (AvgIpc) is 2.52. The smallest absolute Gasteiger partial charge is 0.420 e. The van der Waals surface area contributed by atoms with E-state index in [0.29, 0.717) is 0 Å². The van der Waals surface area contributed by atoms with Crippen LogP contribution in [0, 0.1) is 0 Å². The molecule has 0 radical (unpaired) electrons. The van der Waals surface area contributed by atoms with Crippen LogP contribution in [-0.4, -0.2) is 50.6 Å². The summed E-state index contributed by atoms with van der Waals surface area (Å²) in [6, 6.07) is 12.6. The number of hydrogen-bond acceptors (Lipinski definition) is 4. The molecule has 9 heteroatoms. The zero-order chi connectivity index (χ0) is 20.0. The van der Waals surface area contributed by atoms with E-state index in [4.69, 9.17) is 16.8 Å². The molecule has 0 atom stereocenters. The van der Waals surface area contributed by atoms with Crippen molar-refractivity contribution in [3.8, 4) is 0 Å². The molecular weight excluding hydrogens is 409 g/mol. The summed E-state index contributed by atoms with van der Waals surface area (Å²) in [7, 11) is -7.28. The van der Waals surface area contributed by atoms with Crippen molar-refractivity contribution in [1.82, 2.24) is 0 Å². The Morgan fingerprint density at radius 2 is 1.23 bits per heavy atom. The summed E-state index contributed by atoms with van der Waals surface area (Å²) in [5.41, 5.74) is 0. The van der Waals surface area contributed by atoms with Crippen LogP contribution in [-0.2, 0) is 16.8 Å². The SMILES string of the molecule is CO[Si](C)(C)CC[Si](C)(C)O[Si](O[SiH](C)C)(O[SiH](C)C)c1ccccc1. The van der Waals surface area contributed by atoms with Gasteiger partial charge in [-0.2, -0.15) is 0 Å². The van der Waals surface area contributed by atoms with Crippen molar-refractivity contribution in [3.05, 3.63) is 30.3 Å². The van der Waals surface area contributed by atoms with Crippen LogP contribution >= 0.6 is 0 Å². The van der Waals surface area contributed by atoms with Gasteiger partial charge in [0, 0.05) is 12.3 Å². The summed E-state index contributed by atoms with van der Waals surface area (Å²) in [6.07, 6.45) is 0. The third-order valence-electron chi connectivity index (χ3n) is 4.20. The Labute approximate surface area is 167 Å². The van der Waals surface area contributed by atoms with Gasteiger partial charge in [-0.1, -0.05) is 30.3 Å². The molecule has 1 rings (SSSR count). The van der Waals surface area contributed by atoms with E-state index in [0.717, 1.165) is 17.3 Å². The Morgan fingerprint density at radius 1 is 0.769 bits per heavy atom. The maximum atomic E-state index is 6.94. The van der Waals surface area contributed by atoms with E-state index in [-0.39, 0.29) is 0 Å². The summed E-state index contributed by atoms with van der Waals surface area (Å²) >= 11 is 0. The van der Waals surface area contributed by atoms with E-state index in [2.05, 4.69) is 76.6 Å². The Hall–Kier alpha value is 0.144. The van der Waals surface area contributed by atoms with Gasteiger partial charge in [-0.15, -0.1) is 0 Å². The average molecular weight is 447 g/mol. The van der Waals surface area contributed by atoms with Crippen LogP contribution in [0.4, 0.5) is 0 Å². The fraction of sp³-hybridized carbons (Fsp3) is 0.647. The molecule has 4 nitrogen and oxygen atoms in total. The summed E-state index contributed by atoms with van der Waals surface area (Å²) in [5.74, 6) is 0. The van der Waals surface area contributed by atoms with Crippen LogP contribution in [0.15, 0.2) is 30.3 Å². The fourth-order valence-corrected chi connectivity index (χ4v) is 20.1. The summed E-state index contributed by atoms with van der Waals surface area (Å²) in [4.78, 5) is 0. The zero-order valence-corrected chi connectivity index (χ0v) is 23.4. The van der Waals surface area contributed by atoms with Crippen molar-refractivity contribution in [2.75, 3.05) is 7.11 Å². The molecule has 150 valence electrons. The minimum Gasteiger partial charge on any atom is -0.420 e. The first-order valence-corrected chi connectivity index (χ1v) is 23.1. The van der Waals surface area contributed by atoms with Gasteiger partial charge in [0.2, 0.25) is 0 Å². The minimum absolute atomic E-state index is 1.08. The molecule has 0 saturated carbocycles. The Kier molecular flexibility index (Phi) is 9.37. The largest absolute Gasteiger partial charge is 0.505 e. The maximum Gasteiger partial charge on any atom is 0.505 e. The molecular formula is C17H38O4Si5. The molecule has 0 spiro atoms. The van der Waals surface area contributed by atoms with Gasteiger partial charge in [0.1, 0.15) is 0 Å². The van der Waals surface area contributed by atoms with Crippen LogP contribution in [0.5, 0.6) is 0 Å². The van der Waals surface area contributed by atoms with E-state index in [1.165, 1.54) is 0 Å². The molecule has 0 fully saturated rings. The van der Waals surface area contributed by atoms with Crippen molar-refractivity contribution in [1.29, 1.82) is 0 Å². The van der Waals surface area contributed by atoms with Gasteiger partial charge < -0.3 is 16.8 Å². The van der Waals surface area contributed by atoms with Crippen molar-refractivity contribution < 1.29 is 16.8 Å². The van der Waals surface area contributed by atoms with E-state index in [1.54, 1.807) is 0 Å². The predicted molar refractivity (Wildman–Crippen MR) is 124 cm³/mol. The van der Waals surface area contributed by atoms with Crippen LogP contribution in [0.1, 0.15) is 0 Å². The molecule has 0 aliphatic heterocycles. The van der Waals surface area contributed by atoms with E-state index in [1.807, 2.05) is 13.2 Å². The lowest BCUT2D eigenvalue weighted by molar-refractivity contribution is 0.282.